The van der Waals surface area contributed by atoms with Gasteiger partial charge in [0.05, 0.1) is 5.56 Å². The van der Waals surface area contributed by atoms with Gasteiger partial charge >= 0.3 is 12.1 Å². The molecule has 6 heteroatoms. The second kappa shape index (κ2) is 5.98. The van der Waals surface area contributed by atoms with Crippen LogP contribution in [0.5, 0.6) is 0 Å². The Bertz CT molecular complexity index is 745. The lowest BCUT2D eigenvalue weighted by Crippen LogP contribution is -2.60. The summed E-state index contributed by atoms with van der Waals surface area (Å²) in [4.78, 5) is 25.7. The Morgan fingerprint density at radius 2 is 2.04 bits per heavy atom. The summed E-state index contributed by atoms with van der Waals surface area (Å²) in [6.07, 6.45) is 1.69. The molecule has 140 valence electrons. The predicted octanol–water partition coefficient (Wildman–Crippen LogP) is 3.02. The Balaban J connectivity index is 1.43. The lowest BCUT2D eigenvalue weighted by molar-refractivity contribution is -0.0181. The molecule has 2 fully saturated rings. The molecule has 1 aromatic carbocycles. The van der Waals surface area contributed by atoms with Gasteiger partial charge in [0.25, 0.3) is 0 Å². The molecule has 0 saturated carbocycles. The minimum absolute atomic E-state index is 0.177. The fourth-order valence-electron chi connectivity index (χ4n) is 4.22. The normalized spacial score (nSPS) is 24.0. The molecule has 1 spiro atoms. The SMILES string of the molecule is CC(C)(C)OC(=O)N1CCC2(CC1)CNC2c1ccc2c(c1)COC2=O. The summed E-state index contributed by atoms with van der Waals surface area (Å²) in [6.45, 7) is 8.46. The number of piperidine rings is 1. The lowest BCUT2D eigenvalue weighted by Gasteiger charge is -2.54. The van der Waals surface area contributed by atoms with E-state index in [9.17, 15) is 9.59 Å². The van der Waals surface area contributed by atoms with E-state index < -0.39 is 5.60 Å². The Hall–Kier alpha value is -2.08. The van der Waals surface area contributed by atoms with E-state index in [4.69, 9.17) is 9.47 Å². The topological polar surface area (TPSA) is 67.9 Å². The van der Waals surface area contributed by atoms with Crippen molar-refractivity contribution in [3.63, 3.8) is 0 Å². The molecule has 4 rings (SSSR count). The van der Waals surface area contributed by atoms with Crippen molar-refractivity contribution < 1.29 is 19.1 Å². The molecule has 1 aromatic rings. The van der Waals surface area contributed by atoms with Crippen LogP contribution in [0, 0.1) is 5.41 Å². The van der Waals surface area contributed by atoms with Crippen molar-refractivity contribution in [1.29, 1.82) is 0 Å². The third kappa shape index (κ3) is 2.96. The van der Waals surface area contributed by atoms with E-state index in [-0.39, 0.29) is 23.5 Å². The highest BCUT2D eigenvalue weighted by Crippen LogP contribution is 2.49. The highest BCUT2D eigenvalue weighted by molar-refractivity contribution is 5.93. The van der Waals surface area contributed by atoms with E-state index in [0.29, 0.717) is 12.2 Å². The number of ether oxygens (including phenoxy) is 2. The number of amides is 1. The number of carbonyl (C=O) groups is 2. The number of hydrogen-bond donors (Lipinski definition) is 1. The molecule has 0 radical (unpaired) electrons. The van der Waals surface area contributed by atoms with Crippen molar-refractivity contribution in [1.82, 2.24) is 10.2 Å². The van der Waals surface area contributed by atoms with Crippen molar-refractivity contribution in [2.24, 2.45) is 5.41 Å². The van der Waals surface area contributed by atoms with Crippen molar-refractivity contribution in [2.45, 2.75) is 51.9 Å². The van der Waals surface area contributed by atoms with E-state index in [1.807, 2.05) is 37.8 Å². The smallest absolute Gasteiger partial charge is 0.410 e. The number of rotatable bonds is 1. The number of nitrogens with one attached hydrogen (secondary N) is 1. The van der Waals surface area contributed by atoms with Crippen LogP contribution in [-0.2, 0) is 16.1 Å². The number of esters is 1. The number of hydrogen-bond acceptors (Lipinski definition) is 5. The van der Waals surface area contributed by atoms with Gasteiger partial charge < -0.3 is 19.7 Å². The molecular formula is C20H26N2O4. The molecule has 1 atom stereocenters. The molecule has 1 N–H and O–H groups in total. The van der Waals surface area contributed by atoms with Gasteiger partial charge in [-0.15, -0.1) is 0 Å². The third-order valence-electron chi connectivity index (χ3n) is 5.72. The summed E-state index contributed by atoms with van der Waals surface area (Å²) in [5.41, 5.74) is 2.58. The summed E-state index contributed by atoms with van der Waals surface area (Å²) in [6, 6.07) is 6.27. The van der Waals surface area contributed by atoms with Gasteiger partial charge in [0.1, 0.15) is 12.2 Å². The number of benzene rings is 1. The Morgan fingerprint density at radius 1 is 1.31 bits per heavy atom. The van der Waals surface area contributed by atoms with E-state index in [1.165, 1.54) is 5.56 Å². The van der Waals surface area contributed by atoms with Crippen LogP contribution in [0.4, 0.5) is 4.79 Å². The van der Waals surface area contributed by atoms with Crippen LogP contribution in [0.3, 0.4) is 0 Å². The van der Waals surface area contributed by atoms with Crippen molar-refractivity contribution in [2.75, 3.05) is 19.6 Å². The first-order valence-corrected chi connectivity index (χ1v) is 9.29. The van der Waals surface area contributed by atoms with Crippen LogP contribution < -0.4 is 5.32 Å². The monoisotopic (exact) mass is 358 g/mol. The summed E-state index contributed by atoms with van der Waals surface area (Å²) < 4.78 is 10.6. The molecule has 3 aliphatic heterocycles. The Labute approximate surface area is 153 Å². The van der Waals surface area contributed by atoms with E-state index in [2.05, 4.69) is 11.4 Å². The molecule has 26 heavy (non-hydrogen) atoms. The summed E-state index contributed by atoms with van der Waals surface area (Å²) in [5, 5.41) is 3.55. The second-order valence-corrected chi connectivity index (χ2v) is 8.64. The molecule has 0 bridgehead atoms. The molecule has 0 aromatic heterocycles. The van der Waals surface area contributed by atoms with Gasteiger partial charge in [0.15, 0.2) is 0 Å². The van der Waals surface area contributed by atoms with Crippen LogP contribution in [0.1, 0.15) is 61.1 Å². The Kier molecular flexibility index (Phi) is 3.99. The molecule has 3 heterocycles. The van der Waals surface area contributed by atoms with Crippen LogP contribution in [0.15, 0.2) is 18.2 Å². The minimum Gasteiger partial charge on any atom is -0.457 e. The quantitative estimate of drug-likeness (QED) is 0.782. The predicted molar refractivity (Wildman–Crippen MR) is 95.8 cm³/mol. The maximum Gasteiger partial charge on any atom is 0.410 e. The van der Waals surface area contributed by atoms with Gasteiger partial charge in [0.2, 0.25) is 0 Å². The molecule has 1 amide bonds. The largest absolute Gasteiger partial charge is 0.457 e. The summed E-state index contributed by atoms with van der Waals surface area (Å²) >= 11 is 0. The van der Waals surface area contributed by atoms with Crippen LogP contribution in [-0.4, -0.2) is 42.2 Å². The average molecular weight is 358 g/mol. The fourth-order valence-corrected chi connectivity index (χ4v) is 4.22. The zero-order chi connectivity index (χ0) is 18.5. The van der Waals surface area contributed by atoms with Crippen molar-refractivity contribution in [3.8, 4) is 0 Å². The third-order valence-corrected chi connectivity index (χ3v) is 5.72. The summed E-state index contributed by atoms with van der Waals surface area (Å²) in [7, 11) is 0. The van der Waals surface area contributed by atoms with Gasteiger partial charge in [-0.3, -0.25) is 0 Å². The molecule has 2 saturated heterocycles. The van der Waals surface area contributed by atoms with Crippen LogP contribution in [0.2, 0.25) is 0 Å². The maximum absolute atomic E-state index is 12.3. The average Bonchev–Trinajstić information content (AvgIpc) is 2.93. The summed E-state index contributed by atoms with van der Waals surface area (Å²) in [5.74, 6) is -0.228. The van der Waals surface area contributed by atoms with Gasteiger partial charge in [-0.05, 0) is 51.3 Å². The fraction of sp³-hybridized carbons (Fsp3) is 0.600. The standard InChI is InChI=1S/C20H26N2O4/c1-19(2,3)26-18(24)22-8-6-20(7-9-22)12-21-16(20)13-4-5-15-14(10-13)11-25-17(15)23/h4-5,10,16,21H,6-9,11-12H2,1-3H3. The van der Waals surface area contributed by atoms with Gasteiger partial charge in [-0.25, -0.2) is 9.59 Å². The zero-order valence-corrected chi connectivity index (χ0v) is 15.6. The lowest BCUT2D eigenvalue weighted by atomic mass is 9.64. The molecule has 1 unspecified atom stereocenters. The molecule has 3 aliphatic rings. The van der Waals surface area contributed by atoms with Gasteiger partial charge in [-0.1, -0.05) is 6.07 Å². The van der Waals surface area contributed by atoms with E-state index in [0.717, 1.165) is 38.0 Å². The zero-order valence-electron chi connectivity index (χ0n) is 15.6. The number of carbonyl (C=O) groups excluding carboxylic acids is 2. The molecule has 6 nitrogen and oxygen atoms in total. The maximum atomic E-state index is 12.3. The second-order valence-electron chi connectivity index (χ2n) is 8.64. The number of likely N-dealkylation sites (tertiary alicyclic amines) is 1. The Morgan fingerprint density at radius 3 is 2.65 bits per heavy atom. The van der Waals surface area contributed by atoms with Crippen LogP contribution >= 0.6 is 0 Å². The number of fused-ring (bicyclic) bond motifs is 1. The highest BCUT2D eigenvalue weighted by atomic mass is 16.6. The molecule has 0 aliphatic carbocycles. The first-order valence-electron chi connectivity index (χ1n) is 9.29. The van der Waals surface area contributed by atoms with Gasteiger partial charge in [-0.2, -0.15) is 0 Å². The van der Waals surface area contributed by atoms with Gasteiger partial charge in [0, 0.05) is 36.7 Å². The molecular weight excluding hydrogens is 332 g/mol. The highest BCUT2D eigenvalue weighted by Gasteiger charge is 2.49. The minimum atomic E-state index is -0.462. The number of cyclic esters (lactones) is 1. The van der Waals surface area contributed by atoms with Crippen LogP contribution in [0.25, 0.3) is 0 Å². The number of nitrogens with zero attached hydrogens (tertiary/aromatic N) is 1. The van der Waals surface area contributed by atoms with E-state index >= 15 is 0 Å². The van der Waals surface area contributed by atoms with Crippen molar-refractivity contribution in [3.05, 3.63) is 34.9 Å². The first kappa shape index (κ1) is 17.3. The van der Waals surface area contributed by atoms with E-state index in [1.54, 1.807) is 0 Å². The first-order chi connectivity index (χ1) is 12.3. The van der Waals surface area contributed by atoms with Crippen molar-refractivity contribution >= 4 is 12.1 Å².